The van der Waals surface area contributed by atoms with Crippen LogP contribution in [-0.2, 0) is 0 Å². The second-order valence-corrected chi connectivity index (χ2v) is 6.94. The average Bonchev–Trinajstić information content (AvgIpc) is 2.74. The van der Waals surface area contributed by atoms with E-state index in [1.807, 2.05) is 36.5 Å². The number of hydrogen-bond acceptors (Lipinski definition) is 5. The minimum absolute atomic E-state index is 0.223. The highest BCUT2D eigenvalue weighted by Crippen LogP contribution is 2.25. The predicted octanol–water partition coefficient (Wildman–Crippen LogP) is 3.07. The molecule has 5 heteroatoms. The van der Waals surface area contributed by atoms with Gasteiger partial charge >= 0.3 is 0 Å². The molecule has 5 nitrogen and oxygen atoms in total. The van der Waals surface area contributed by atoms with Crippen molar-refractivity contribution in [1.82, 2.24) is 14.9 Å². The fourth-order valence-corrected chi connectivity index (χ4v) is 2.92. The molecule has 1 aliphatic rings. The molecule has 0 radical (unpaired) electrons. The number of aromatic nitrogens is 2. The first kappa shape index (κ1) is 16.7. The highest BCUT2D eigenvalue weighted by atomic mass is 16.5. The van der Waals surface area contributed by atoms with Crippen LogP contribution in [0.4, 0.5) is 5.82 Å². The van der Waals surface area contributed by atoms with E-state index in [-0.39, 0.29) is 5.54 Å². The van der Waals surface area contributed by atoms with E-state index >= 15 is 0 Å². The fraction of sp³-hybridized carbons (Fsp3) is 0.474. The third-order valence-electron chi connectivity index (χ3n) is 5.05. The Balaban J connectivity index is 1.82. The second kappa shape index (κ2) is 6.77. The van der Waals surface area contributed by atoms with E-state index in [9.17, 15) is 0 Å². The van der Waals surface area contributed by atoms with Gasteiger partial charge in [0.15, 0.2) is 5.82 Å². The normalized spacial score (nSPS) is 18.2. The first-order valence-corrected chi connectivity index (χ1v) is 8.43. The molecule has 0 saturated carbocycles. The zero-order chi connectivity index (χ0) is 17.2. The lowest BCUT2D eigenvalue weighted by Gasteiger charge is -2.32. The second-order valence-electron chi connectivity index (χ2n) is 6.94. The summed E-state index contributed by atoms with van der Waals surface area (Å²) in [6.45, 7) is 7.64. The molecule has 1 saturated heterocycles. The molecule has 0 N–H and O–H groups in total. The van der Waals surface area contributed by atoms with Crippen molar-refractivity contribution in [2.45, 2.75) is 25.8 Å². The summed E-state index contributed by atoms with van der Waals surface area (Å²) in [5.74, 6) is 2.60. The minimum Gasteiger partial charge on any atom is -0.497 e. The summed E-state index contributed by atoms with van der Waals surface area (Å²) < 4.78 is 5.21. The maximum absolute atomic E-state index is 5.21. The van der Waals surface area contributed by atoms with Crippen LogP contribution in [-0.4, -0.2) is 54.2 Å². The Morgan fingerprint density at radius 1 is 1.04 bits per heavy atom. The summed E-state index contributed by atoms with van der Waals surface area (Å²) in [6, 6.07) is 9.88. The number of benzene rings is 1. The molecule has 0 unspecified atom stereocenters. The zero-order valence-corrected chi connectivity index (χ0v) is 15.0. The molecule has 1 aromatic carbocycles. The van der Waals surface area contributed by atoms with Gasteiger partial charge in [0.1, 0.15) is 11.6 Å². The molecule has 1 fully saturated rings. The molecule has 2 aromatic rings. The Morgan fingerprint density at radius 3 is 2.50 bits per heavy atom. The number of hydrogen-bond donors (Lipinski definition) is 0. The Hall–Kier alpha value is -2.14. The van der Waals surface area contributed by atoms with Gasteiger partial charge in [-0.1, -0.05) is 0 Å². The summed E-state index contributed by atoms with van der Waals surface area (Å²) in [5.41, 5.74) is 1.23. The lowest BCUT2D eigenvalue weighted by molar-refractivity contribution is 0.166. The van der Waals surface area contributed by atoms with Gasteiger partial charge in [0.25, 0.3) is 0 Å². The van der Waals surface area contributed by atoms with Crippen molar-refractivity contribution in [2.24, 2.45) is 0 Å². The molecule has 0 bridgehead atoms. The van der Waals surface area contributed by atoms with Crippen LogP contribution in [0.15, 0.2) is 36.5 Å². The summed E-state index contributed by atoms with van der Waals surface area (Å²) in [4.78, 5) is 14.0. The Bertz CT molecular complexity index is 684. The number of likely N-dealkylation sites (N-methyl/N-ethyl adjacent to an activating group) is 1. The number of methoxy groups -OCH3 is 1. The van der Waals surface area contributed by atoms with Crippen LogP contribution >= 0.6 is 0 Å². The van der Waals surface area contributed by atoms with Gasteiger partial charge in [0.05, 0.1) is 7.11 Å². The Labute approximate surface area is 144 Å². The lowest BCUT2D eigenvalue weighted by Crippen LogP contribution is -2.41. The van der Waals surface area contributed by atoms with Crippen molar-refractivity contribution in [1.29, 1.82) is 0 Å². The van der Waals surface area contributed by atoms with E-state index in [1.165, 1.54) is 0 Å². The van der Waals surface area contributed by atoms with Crippen LogP contribution < -0.4 is 9.64 Å². The van der Waals surface area contributed by atoms with E-state index in [0.29, 0.717) is 0 Å². The van der Waals surface area contributed by atoms with E-state index in [1.54, 1.807) is 7.11 Å². The largest absolute Gasteiger partial charge is 0.497 e. The van der Waals surface area contributed by atoms with Crippen LogP contribution in [0.3, 0.4) is 0 Å². The third kappa shape index (κ3) is 3.51. The van der Waals surface area contributed by atoms with Crippen molar-refractivity contribution < 1.29 is 4.74 Å². The summed E-state index contributed by atoms with van der Waals surface area (Å²) in [5, 5.41) is 0. The summed E-state index contributed by atoms with van der Waals surface area (Å²) >= 11 is 0. The van der Waals surface area contributed by atoms with Crippen LogP contribution in [0.1, 0.15) is 20.3 Å². The van der Waals surface area contributed by atoms with Gasteiger partial charge in [-0.2, -0.15) is 0 Å². The number of ether oxygens (including phenoxy) is 1. The average molecular weight is 326 g/mol. The van der Waals surface area contributed by atoms with Crippen molar-refractivity contribution in [2.75, 3.05) is 38.7 Å². The fourth-order valence-electron chi connectivity index (χ4n) is 2.92. The molecule has 1 aromatic heterocycles. The minimum atomic E-state index is 0.223. The Kier molecular flexibility index (Phi) is 4.71. The van der Waals surface area contributed by atoms with Crippen LogP contribution in [0, 0.1) is 0 Å². The molecule has 0 spiro atoms. The van der Waals surface area contributed by atoms with Crippen LogP contribution in [0.25, 0.3) is 11.4 Å². The first-order valence-electron chi connectivity index (χ1n) is 8.43. The predicted molar refractivity (Wildman–Crippen MR) is 97.6 cm³/mol. The van der Waals surface area contributed by atoms with Crippen molar-refractivity contribution in [3.8, 4) is 17.1 Å². The van der Waals surface area contributed by atoms with E-state index in [4.69, 9.17) is 9.72 Å². The molecule has 0 amide bonds. The molecule has 3 rings (SSSR count). The van der Waals surface area contributed by atoms with Gasteiger partial charge in [0, 0.05) is 36.9 Å². The van der Waals surface area contributed by atoms with Crippen LogP contribution in [0.2, 0.25) is 0 Å². The quantitative estimate of drug-likeness (QED) is 0.867. The van der Waals surface area contributed by atoms with Crippen LogP contribution in [0.5, 0.6) is 5.75 Å². The lowest BCUT2D eigenvalue weighted by atomic mass is 9.99. The zero-order valence-electron chi connectivity index (χ0n) is 15.0. The maximum Gasteiger partial charge on any atom is 0.161 e. The van der Waals surface area contributed by atoms with Crippen molar-refractivity contribution >= 4 is 5.82 Å². The van der Waals surface area contributed by atoms with Gasteiger partial charge in [0.2, 0.25) is 0 Å². The highest BCUT2D eigenvalue weighted by molar-refractivity contribution is 5.58. The molecular weight excluding hydrogens is 300 g/mol. The molecular formula is C19H26N4O. The molecule has 2 heterocycles. The SMILES string of the molecule is COc1ccc(-c2nccc(N3CCN(C)C(C)(C)CC3)n2)cc1. The number of anilines is 1. The number of rotatable bonds is 3. The van der Waals surface area contributed by atoms with E-state index in [2.05, 4.69) is 35.7 Å². The topological polar surface area (TPSA) is 41.5 Å². The van der Waals surface area contributed by atoms with Gasteiger partial charge in [-0.05, 0) is 57.6 Å². The smallest absolute Gasteiger partial charge is 0.161 e. The third-order valence-corrected chi connectivity index (χ3v) is 5.05. The monoisotopic (exact) mass is 326 g/mol. The molecule has 0 aliphatic carbocycles. The van der Waals surface area contributed by atoms with E-state index < -0.39 is 0 Å². The van der Waals surface area contributed by atoms with Crippen molar-refractivity contribution in [3.63, 3.8) is 0 Å². The van der Waals surface area contributed by atoms with Gasteiger partial charge < -0.3 is 9.64 Å². The van der Waals surface area contributed by atoms with Gasteiger partial charge in [-0.25, -0.2) is 9.97 Å². The maximum atomic E-state index is 5.21. The number of nitrogens with zero attached hydrogens (tertiary/aromatic N) is 4. The van der Waals surface area contributed by atoms with Gasteiger partial charge in [-0.3, -0.25) is 4.90 Å². The highest BCUT2D eigenvalue weighted by Gasteiger charge is 2.28. The molecule has 0 atom stereocenters. The summed E-state index contributed by atoms with van der Waals surface area (Å²) in [7, 11) is 3.87. The Morgan fingerprint density at radius 2 is 1.79 bits per heavy atom. The van der Waals surface area contributed by atoms with Gasteiger partial charge in [-0.15, -0.1) is 0 Å². The molecule has 1 aliphatic heterocycles. The van der Waals surface area contributed by atoms with Crippen molar-refractivity contribution in [3.05, 3.63) is 36.5 Å². The molecule has 24 heavy (non-hydrogen) atoms. The first-order chi connectivity index (χ1) is 11.5. The van der Waals surface area contributed by atoms with E-state index in [0.717, 1.165) is 49.0 Å². The summed E-state index contributed by atoms with van der Waals surface area (Å²) in [6.07, 6.45) is 2.97. The standard InChI is InChI=1S/C19H26N4O/c1-19(2)10-12-23(14-13-22(19)3)17-9-11-20-18(21-17)15-5-7-16(24-4)8-6-15/h5-9,11H,10,12-14H2,1-4H3. The molecule has 128 valence electrons.